The smallest absolute Gasteiger partial charge is 0.280 e. The van der Waals surface area contributed by atoms with Crippen LogP contribution in [0.5, 0.6) is 5.75 Å². The molecule has 0 unspecified atom stereocenters. The van der Waals surface area contributed by atoms with E-state index in [1.54, 1.807) is 7.11 Å². The maximum Gasteiger partial charge on any atom is 0.280 e. The molecule has 0 spiro atoms. The van der Waals surface area contributed by atoms with Crippen molar-refractivity contribution in [2.24, 2.45) is 0 Å². The minimum Gasteiger partial charge on any atom is -0.495 e. The second-order valence-corrected chi connectivity index (χ2v) is 4.89. The lowest BCUT2D eigenvalue weighted by Crippen LogP contribution is -2.30. The minimum absolute atomic E-state index is 0.129. The first kappa shape index (κ1) is 14.5. The van der Waals surface area contributed by atoms with E-state index >= 15 is 0 Å². The number of methoxy groups -OCH3 is 1. The number of benzene rings is 1. The van der Waals surface area contributed by atoms with Crippen LogP contribution >= 0.6 is 12.2 Å². The number of anilines is 1. The van der Waals surface area contributed by atoms with Crippen molar-refractivity contribution in [3.8, 4) is 5.75 Å². The number of hydrogen-bond acceptors (Lipinski definition) is 3. The molecule has 5 heteroatoms. The molecule has 1 aliphatic rings. The molecule has 0 radical (unpaired) electrons. The average molecular weight is 290 g/mol. The summed E-state index contributed by atoms with van der Waals surface area (Å²) in [6.07, 6.45) is 4.93. The lowest BCUT2D eigenvalue weighted by Gasteiger charge is -2.17. The molecule has 1 aromatic rings. The van der Waals surface area contributed by atoms with E-state index in [2.05, 4.69) is 12.2 Å². The third-order valence-corrected chi connectivity index (χ3v) is 3.40. The number of para-hydroxylation sites is 2. The minimum atomic E-state index is -0.129. The summed E-state index contributed by atoms with van der Waals surface area (Å²) in [6.45, 7) is 2.12. The zero-order chi connectivity index (χ0) is 14.5. The Kier molecular flexibility index (Phi) is 4.74. The molecule has 1 aromatic carbocycles. The Hall–Kier alpha value is -1.88. The van der Waals surface area contributed by atoms with E-state index in [4.69, 9.17) is 17.0 Å². The standard InChI is InChI=1S/C15H18N2O2S/c1-3-4-5-8-11-14(18)17(15(20)16-11)12-9-6-7-10-13(12)19-2/h6-10H,3-5H2,1-2H3,(H,16,20)/b11-8+. The van der Waals surface area contributed by atoms with Gasteiger partial charge in [-0.1, -0.05) is 31.6 Å². The van der Waals surface area contributed by atoms with Gasteiger partial charge in [0.1, 0.15) is 11.4 Å². The van der Waals surface area contributed by atoms with Crippen LogP contribution in [-0.2, 0) is 4.79 Å². The van der Waals surface area contributed by atoms with E-state index in [9.17, 15) is 4.79 Å². The van der Waals surface area contributed by atoms with Gasteiger partial charge in [0.15, 0.2) is 5.11 Å². The first-order chi connectivity index (χ1) is 9.69. The molecule has 20 heavy (non-hydrogen) atoms. The maximum absolute atomic E-state index is 12.4. The number of thiocarbonyl (C=S) groups is 1. The lowest BCUT2D eigenvalue weighted by molar-refractivity contribution is -0.113. The van der Waals surface area contributed by atoms with Crippen LogP contribution in [0.25, 0.3) is 0 Å². The number of nitrogens with one attached hydrogen (secondary N) is 1. The van der Waals surface area contributed by atoms with Crippen molar-refractivity contribution in [2.75, 3.05) is 12.0 Å². The van der Waals surface area contributed by atoms with E-state index in [1.807, 2.05) is 30.3 Å². The van der Waals surface area contributed by atoms with Crippen LogP contribution < -0.4 is 15.0 Å². The summed E-state index contributed by atoms with van der Waals surface area (Å²) in [4.78, 5) is 13.9. The average Bonchev–Trinajstić information content (AvgIpc) is 2.74. The molecule has 0 aromatic heterocycles. The zero-order valence-corrected chi connectivity index (χ0v) is 12.5. The van der Waals surface area contributed by atoms with Crippen molar-refractivity contribution >= 4 is 28.9 Å². The quantitative estimate of drug-likeness (QED) is 0.514. The highest BCUT2D eigenvalue weighted by Crippen LogP contribution is 2.30. The SMILES string of the molecule is CCCC/C=C1/NC(=S)N(c2ccccc2OC)C1=O. The van der Waals surface area contributed by atoms with Crippen molar-refractivity contribution < 1.29 is 9.53 Å². The highest BCUT2D eigenvalue weighted by Gasteiger charge is 2.33. The summed E-state index contributed by atoms with van der Waals surface area (Å²) in [6, 6.07) is 7.34. The number of carbonyl (C=O) groups excluding carboxylic acids is 1. The molecule has 106 valence electrons. The van der Waals surface area contributed by atoms with E-state index in [-0.39, 0.29) is 5.91 Å². The van der Waals surface area contributed by atoms with Gasteiger partial charge in [-0.3, -0.25) is 4.79 Å². The Labute approximate surface area is 124 Å². The number of nitrogens with zero attached hydrogens (tertiary/aromatic N) is 1. The number of hydrogen-bond donors (Lipinski definition) is 1. The van der Waals surface area contributed by atoms with Crippen LogP contribution in [0, 0.1) is 0 Å². The monoisotopic (exact) mass is 290 g/mol. The molecule has 2 rings (SSSR count). The van der Waals surface area contributed by atoms with Crippen LogP contribution in [0.3, 0.4) is 0 Å². The molecule has 1 aliphatic heterocycles. The molecule has 0 bridgehead atoms. The molecule has 1 fully saturated rings. The van der Waals surface area contributed by atoms with E-state index in [0.29, 0.717) is 22.2 Å². The summed E-state index contributed by atoms with van der Waals surface area (Å²) >= 11 is 5.26. The molecule has 0 saturated carbocycles. The van der Waals surface area contributed by atoms with E-state index in [1.165, 1.54) is 4.90 Å². The van der Waals surface area contributed by atoms with E-state index in [0.717, 1.165) is 19.3 Å². The van der Waals surface area contributed by atoms with Crippen molar-refractivity contribution in [3.63, 3.8) is 0 Å². The lowest BCUT2D eigenvalue weighted by atomic mass is 10.2. The zero-order valence-electron chi connectivity index (χ0n) is 11.7. The van der Waals surface area contributed by atoms with Crippen molar-refractivity contribution in [2.45, 2.75) is 26.2 Å². The van der Waals surface area contributed by atoms with Gasteiger partial charge < -0.3 is 10.1 Å². The summed E-state index contributed by atoms with van der Waals surface area (Å²) < 4.78 is 5.29. The van der Waals surface area contributed by atoms with Gasteiger partial charge in [0.25, 0.3) is 5.91 Å². The van der Waals surface area contributed by atoms with Crippen LogP contribution in [0.1, 0.15) is 26.2 Å². The fraction of sp³-hybridized carbons (Fsp3) is 0.333. The summed E-state index contributed by atoms with van der Waals surface area (Å²) in [5.74, 6) is 0.496. The Balaban J connectivity index is 2.27. The van der Waals surface area contributed by atoms with Gasteiger partial charge in [0, 0.05) is 0 Å². The summed E-state index contributed by atoms with van der Waals surface area (Å²) in [7, 11) is 1.58. The van der Waals surface area contributed by atoms with Crippen LogP contribution in [0.4, 0.5) is 5.69 Å². The molecule has 1 heterocycles. The highest BCUT2D eigenvalue weighted by molar-refractivity contribution is 7.80. The predicted molar refractivity (Wildman–Crippen MR) is 83.8 cm³/mol. The molecule has 1 amide bonds. The summed E-state index contributed by atoms with van der Waals surface area (Å²) in [5, 5.41) is 3.37. The summed E-state index contributed by atoms with van der Waals surface area (Å²) in [5.41, 5.74) is 1.21. The van der Waals surface area contributed by atoms with Gasteiger partial charge in [0.2, 0.25) is 0 Å². The first-order valence-corrected chi connectivity index (χ1v) is 7.08. The van der Waals surface area contributed by atoms with Crippen LogP contribution in [-0.4, -0.2) is 18.1 Å². The predicted octanol–water partition coefficient (Wildman–Crippen LogP) is 2.99. The molecule has 0 atom stereocenters. The fourth-order valence-electron chi connectivity index (χ4n) is 2.06. The van der Waals surface area contributed by atoms with E-state index < -0.39 is 0 Å². The number of carbonyl (C=O) groups is 1. The van der Waals surface area contributed by atoms with Gasteiger partial charge in [-0.25, -0.2) is 4.90 Å². The van der Waals surface area contributed by atoms with Gasteiger partial charge in [-0.05, 0) is 37.2 Å². The third-order valence-electron chi connectivity index (χ3n) is 3.11. The van der Waals surface area contributed by atoms with Crippen molar-refractivity contribution in [1.29, 1.82) is 0 Å². The van der Waals surface area contributed by atoms with Crippen molar-refractivity contribution in [1.82, 2.24) is 5.32 Å². The van der Waals surface area contributed by atoms with Gasteiger partial charge in [0.05, 0.1) is 12.8 Å². The van der Waals surface area contributed by atoms with Gasteiger partial charge >= 0.3 is 0 Å². The topological polar surface area (TPSA) is 41.6 Å². The Morgan fingerprint density at radius 1 is 1.40 bits per heavy atom. The first-order valence-electron chi connectivity index (χ1n) is 6.67. The molecule has 1 N–H and O–H groups in total. The highest BCUT2D eigenvalue weighted by atomic mass is 32.1. The second kappa shape index (κ2) is 6.52. The maximum atomic E-state index is 12.4. The Morgan fingerprint density at radius 3 is 2.85 bits per heavy atom. The Bertz CT molecular complexity index is 555. The molecule has 4 nitrogen and oxygen atoms in total. The largest absolute Gasteiger partial charge is 0.495 e. The number of ether oxygens (including phenoxy) is 1. The Morgan fingerprint density at radius 2 is 2.15 bits per heavy atom. The number of rotatable bonds is 5. The molecular weight excluding hydrogens is 272 g/mol. The van der Waals surface area contributed by atoms with Crippen LogP contribution in [0.15, 0.2) is 36.0 Å². The number of amides is 1. The molecule has 0 aliphatic carbocycles. The molecular formula is C15H18N2O2S. The van der Waals surface area contributed by atoms with Crippen molar-refractivity contribution in [3.05, 3.63) is 36.0 Å². The number of unbranched alkanes of at least 4 members (excludes halogenated alkanes) is 2. The third kappa shape index (κ3) is 2.82. The normalized spacial score (nSPS) is 16.7. The van der Waals surface area contributed by atoms with Gasteiger partial charge in [-0.15, -0.1) is 0 Å². The second-order valence-electron chi connectivity index (χ2n) is 4.50. The fourth-order valence-corrected chi connectivity index (χ4v) is 2.35. The number of allylic oxidation sites excluding steroid dienone is 1. The van der Waals surface area contributed by atoms with Gasteiger partial charge in [-0.2, -0.15) is 0 Å². The van der Waals surface area contributed by atoms with Crippen LogP contribution in [0.2, 0.25) is 0 Å². The molecule has 1 saturated heterocycles.